The number of pyridine rings is 1. The number of hydrogen-bond acceptors (Lipinski definition) is 4. The first-order valence-corrected chi connectivity index (χ1v) is 5.97. The molecular formula is C12H18N4O. The summed E-state index contributed by atoms with van der Waals surface area (Å²) in [5.41, 5.74) is 1.14. The standard InChI is InChI=1S/C12H18N4O/c1-2-13-8-10-4-3-5-15-12(10)16-7-6-14-11(17)9-16/h3-5,13H,2,6-9H2,1H3,(H,14,17). The maximum absolute atomic E-state index is 11.4. The van der Waals surface area contributed by atoms with Gasteiger partial charge in [0.15, 0.2) is 0 Å². The van der Waals surface area contributed by atoms with Gasteiger partial charge in [-0.3, -0.25) is 4.79 Å². The Morgan fingerprint density at radius 3 is 3.24 bits per heavy atom. The molecule has 0 bridgehead atoms. The second-order valence-corrected chi connectivity index (χ2v) is 4.04. The highest BCUT2D eigenvalue weighted by Gasteiger charge is 2.19. The first-order chi connectivity index (χ1) is 8.31. The Balaban J connectivity index is 2.15. The zero-order valence-electron chi connectivity index (χ0n) is 10.1. The summed E-state index contributed by atoms with van der Waals surface area (Å²) in [6.45, 7) is 5.70. The van der Waals surface area contributed by atoms with Crippen molar-refractivity contribution in [3.05, 3.63) is 23.9 Å². The van der Waals surface area contributed by atoms with Crippen LogP contribution in [0.4, 0.5) is 5.82 Å². The molecule has 1 fully saturated rings. The number of piperazine rings is 1. The SMILES string of the molecule is CCNCc1cccnc1N1CCNC(=O)C1. The summed E-state index contributed by atoms with van der Waals surface area (Å²) in [6, 6.07) is 3.98. The molecule has 2 rings (SSSR count). The van der Waals surface area contributed by atoms with E-state index >= 15 is 0 Å². The van der Waals surface area contributed by atoms with Crippen molar-refractivity contribution in [1.29, 1.82) is 0 Å². The molecule has 1 aliphatic rings. The van der Waals surface area contributed by atoms with Gasteiger partial charge in [0.2, 0.25) is 5.91 Å². The van der Waals surface area contributed by atoms with Gasteiger partial charge in [-0.15, -0.1) is 0 Å². The fourth-order valence-electron chi connectivity index (χ4n) is 1.93. The van der Waals surface area contributed by atoms with E-state index in [2.05, 4.69) is 28.6 Å². The van der Waals surface area contributed by atoms with Gasteiger partial charge in [-0.2, -0.15) is 0 Å². The highest BCUT2D eigenvalue weighted by Crippen LogP contribution is 2.17. The smallest absolute Gasteiger partial charge is 0.239 e. The lowest BCUT2D eigenvalue weighted by Gasteiger charge is -2.29. The minimum Gasteiger partial charge on any atom is -0.353 e. The van der Waals surface area contributed by atoms with Crippen molar-refractivity contribution < 1.29 is 4.79 Å². The van der Waals surface area contributed by atoms with Crippen molar-refractivity contribution >= 4 is 11.7 Å². The quantitative estimate of drug-likeness (QED) is 0.777. The van der Waals surface area contributed by atoms with Crippen LogP contribution < -0.4 is 15.5 Å². The first kappa shape index (κ1) is 11.9. The van der Waals surface area contributed by atoms with Crippen LogP contribution in [0.2, 0.25) is 0 Å². The van der Waals surface area contributed by atoms with E-state index in [-0.39, 0.29) is 5.91 Å². The minimum absolute atomic E-state index is 0.0660. The molecule has 0 spiro atoms. The van der Waals surface area contributed by atoms with Gasteiger partial charge in [0.05, 0.1) is 6.54 Å². The van der Waals surface area contributed by atoms with Crippen LogP contribution in [0.15, 0.2) is 18.3 Å². The van der Waals surface area contributed by atoms with Gasteiger partial charge < -0.3 is 15.5 Å². The first-order valence-electron chi connectivity index (χ1n) is 5.97. The van der Waals surface area contributed by atoms with Gasteiger partial charge in [0.1, 0.15) is 5.82 Å². The molecule has 2 heterocycles. The largest absolute Gasteiger partial charge is 0.353 e. The summed E-state index contributed by atoms with van der Waals surface area (Å²) in [4.78, 5) is 17.8. The van der Waals surface area contributed by atoms with E-state index in [1.54, 1.807) is 6.20 Å². The molecule has 0 saturated carbocycles. The van der Waals surface area contributed by atoms with E-state index in [0.717, 1.165) is 31.0 Å². The number of carbonyl (C=O) groups excluding carboxylic acids is 1. The summed E-state index contributed by atoms with van der Waals surface area (Å²) < 4.78 is 0. The number of rotatable bonds is 4. The third-order valence-corrected chi connectivity index (χ3v) is 2.77. The van der Waals surface area contributed by atoms with Crippen molar-refractivity contribution in [3.63, 3.8) is 0 Å². The molecule has 1 aliphatic heterocycles. The van der Waals surface area contributed by atoms with E-state index in [0.29, 0.717) is 13.1 Å². The van der Waals surface area contributed by atoms with Gasteiger partial charge in [-0.25, -0.2) is 4.98 Å². The molecule has 0 aromatic carbocycles. The van der Waals surface area contributed by atoms with Crippen LogP contribution in [-0.2, 0) is 11.3 Å². The number of carbonyl (C=O) groups is 1. The Morgan fingerprint density at radius 2 is 2.47 bits per heavy atom. The predicted molar refractivity (Wildman–Crippen MR) is 66.8 cm³/mol. The van der Waals surface area contributed by atoms with Crippen LogP contribution >= 0.6 is 0 Å². The number of nitrogens with one attached hydrogen (secondary N) is 2. The fourth-order valence-corrected chi connectivity index (χ4v) is 1.93. The molecule has 0 aliphatic carbocycles. The zero-order chi connectivity index (χ0) is 12.1. The zero-order valence-corrected chi connectivity index (χ0v) is 10.1. The average Bonchev–Trinajstić information content (AvgIpc) is 2.37. The third kappa shape index (κ3) is 2.94. The topological polar surface area (TPSA) is 57.3 Å². The summed E-state index contributed by atoms with van der Waals surface area (Å²) >= 11 is 0. The highest BCUT2D eigenvalue weighted by molar-refractivity contribution is 5.82. The van der Waals surface area contributed by atoms with Crippen LogP contribution in [0.5, 0.6) is 0 Å². The second kappa shape index (κ2) is 5.63. The molecule has 92 valence electrons. The maximum Gasteiger partial charge on any atom is 0.239 e. The molecule has 1 aromatic heterocycles. The Bertz CT molecular complexity index is 394. The van der Waals surface area contributed by atoms with Gasteiger partial charge in [-0.1, -0.05) is 13.0 Å². The lowest BCUT2D eigenvalue weighted by Crippen LogP contribution is -2.48. The van der Waals surface area contributed by atoms with Crippen LogP contribution in [0, 0.1) is 0 Å². The summed E-state index contributed by atoms with van der Waals surface area (Å²) in [6.07, 6.45) is 1.78. The third-order valence-electron chi connectivity index (χ3n) is 2.77. The molecule has 5 heteroatoms. The molecule has 2 N–H and O–H groups in total. The van der Waals surface area contributed by atoms with Crippen molar-refractivity contribution in [1.82, 2.24) is 15.6 Å². The predicted octanol–water partition coefficient (Wildman–Crippen LogP) is 0.127. The number of nitrogens with zero attached hydrogens (tertiary/aromatic N) is 2. The fraction of sp³-hybridized carbons (Fsp3) is 0.500. The van der Waals surface area contributed by atoms with Crippen LogP contribution in [-0.4, -0.2) is 37.1 Å². The molecule has 0 radical (unpaired) electrons. The van der Waals surface area contributed by atoms with Crippen LogP contribution in [0.1, 0.15) is 12.5 Å². The Morgan fingerprint density at radius 1 is 1.59 bits per heavy atom. The molecule has 1 amide bonds. The Labute approximate surface area is 101 Å². The number of amides is 1. The Hall–Kier alpha value is -1.62. The monoisotopic (exact) mass is 234 g/mol. The summed E-state index contributed by atoms with van der Waals surface area (Å²) in [5, 5.41) is 6.11. The van der Waals surface area contributed by atoms with Crippen molar-refractivity contribution in [2.75, 3.05) is 31.1 Å². The van der Waals surface area contributed by atoms with Gasteiger partial charge in [-0.05, 0) is 12.6 Å². The second-order valence-electron chi connectivity index (χ2n) is 4.04. The van der Waals surface area contributed by atoms with E-state index in [9.17, 15) is 4.79 Å². The van der Waals surface area contributed by atoms with Crippen molar-refractivity contribution in [2.45, 2.75) is 13.5 Å². The molecule has 17 heavy (non-hydrogen) atoms. The summed E-state index contributed by atoms with van der Waals surface area (Å²) in [7, 11) is 0. The average molecular weight is 234 g/mol. The molecule has 1 saturated heterocycles. The van der Waals surface area contributed by atoms with Gasteiger partial charge in [0.25, 0.3) is 0 Å². The minimum atomic E-state index is 0.0660. The van der Waals surface area contributed by atoms with E-state index in [1.165, 1.54) is 0 Å². The lowest BCUT2D eigenvalue weighted by atomic mass is 10.2. The highest BCUT2D eigenvalue weighted by atomic mass is 16.2. The number of anilines is 1. The summed E-state index contributed by atoms with van der Waals surface area (Å²) in [5.74, 6) is 0.986. The van der Waals surface area contributed by atoms with Crippen LogP contribution in [0.25, 0.3) is 0 Å². The van der Waals surface area contributed by atoms with E-state index in [1.807, 2.05) is 11.0 Å². The van der Waals surface area contributed by atoms with Gasteiger partial charge in [0, 0.05) is 31.4 Å². The van der Waals surface area contributed by atoms with Crippen LogP contribution in [0.3, 0.4) is 0 Å². The molecule has 1 aromatic rings. The Kier molecular flexibility index (Phi) is 3.93. The van der Waals surface area contributed by atoms with E-state index < -0.39 is 0 Å². The lowest BCUT2D eigenvalue weighted by molar-refractivity contribution is -0.120. The van der Waals surface area contributed by atoms with Crippen molar-refractivity contribution in [3.8, 4) is 0 Å². The van der Waals surface area contributed by atoms with Gasteiger partial charge >= 0.3 is 0 Å². The maximum atomic E-state index is 11.4. The van der Waals surface area contributed by atoms with Crippen molar-refractivity contribution in [2.24, 2.45) is 0 Å². The van der Waals surface area contributed by atoms with E-state index in [4.69, 9.17) is 0 Å². The normalized spacial score (nSPS) is 15.8. The number of aromatic nitrogens is 1. The molecule has 5 nitrogen and oxygen atoms in total. The molecule has 0 unspecified atom stereocenters. The molecular weight excluding hydrogens is 216 g/mol. The molecule has 0 atom stereocenters. The number of hydrogen-bond donors (Lipinski definition) is 2.